The fraction of sp³-hybridized carbons (Fsp3) is 0.467. The van der Waals surface area contributed by atoms with E-state index in [1.54, 1.807) is 0 Å². The summed E-state index contributed by atoms with van der Waals surface area (Å²) < 4.78 is 26.4. The van der Waals surface area contributed by atoms with Crippen LogP contribution in [0, 0.1) is 17.6 Å². The Kier molecular flexibility index (Phi) is 7.38. The largest absolute Gasteiger partial charge is 0.355 e. The highest BCUT2D eigenvalue weighted by Crippen LogP contribution is 2.19. The number of likely N-dealkylation sites (tertiary alicyclic amines) is 1. The minimum atomic E-state index is -0.794. The smallest absolute Gasteiger partial charge is 0.254 e. The highest BCUT2D eigenvalue weighted by atomic mass is 35.5. The maximum absolute atomic E-state index is 13.2. The van der Waals surface area contributed by atoms with Crippen molar-refractivity contribution in [1.82, 2.24) is 10.2 Å². The average Bonchev–Trinajstić information content (AvgIpc) is 2.51. The zero-order valence-electron chi connectivity index (χ0n) is 12.6. The Morgan fingerprint density at radius 3 is 2.52 bits per heavy atom. The molecule has 0 bridgehead atoms. The Bertz CT molecular complexity index is 551. The molecule has 0 saturated carbocycles. The van der Waals surface area contributed by atoms with E-state index in [1.807, 2.05) is 0 Å². The van der Waals surface area contributed by atoms with Gasteiger partial charge in [-0.15, -0.1) is 12.4 Å². The highest BCUT2D eigenvalue weighted by molar-refractivity contribution is 5.94. The SMILES string of the molecule is Cl.NCCNC(=O)C1CCCN(C(=O)c2cc(F)cc(F)c2)C1. The molecule has 1 aromatic carbocycles. The van der Waals surface area contributed by atoms with Crippen LogP contribution in [0.25, 0.3) is 0 Å². The molecule has 128 valence electrons. The van der Waals surface area contributed by atoms with Crippen LogP contribution < -0.4 is 11.1 Å². The molecule has 0 aromatic heterocycles. The molecule has 1 fully saturated rings. The third-order valence-corrected chi connectivity index (χ3v) is 3.63. The summed E-state index contributed by atoms with van der Waals surface area (Å²) in [5.41, 5.74) is 5.29. The summed E-state index contributed by atoms with van der Waals surface area (Å²) in [5, 5.41) is 2.70. The number of halogens is 3. The maximum Gasteiger partial charge on any atom is 0.254 e. The van der Waals surface area contributed by atoms with Gasteiger partial charge in [0.2, 0.25) is 5.91 Å². The number of hydrogen-bond donors (Lipinski definition) is 2. The Balaban J connectivity index is 0.00000264. The number of benzene rings is 1. The summed E-state index contributed by atoms with van der Waals surface area (Å²) in [6.45, 7) is 1.45. The first-order valence-electron chi connectivity index (χ1n) is 7.24. The normalized spacial score (nSPS) is 17.3. The lowest BCUT2D eigenvalue weighted by molar-refractivity contribution is -0.126. The topological polar surface area (TPSA) is 75.4 Å². The molecule has 2 amide bonds. The molecule has 1 aliphatic rings. The second kappa shape index (κ2) is 8.79. The first-order valence-corrected chi connectivity index (χ1v) is 7.24. The zero-order valence-corrected chi connectivity index (χ0v) is 13.4. The molecule has 1 aliphatic heterocycles. The number of nitrogens with zero attached hydrogens (tertiary/aromatic N) is 1. The van der Waals surface area contributed by atoms with Crippen LogP contribution in [0.5, 0.6) is 0 Å². The molecule has 23 heavy (non-hydrogen) atoms. The van der Waals surface area contributed by atoms with Crippen molar-refractivity contribution >= 4 is 24.2 Å². The summed E-state index contributed by atoms with van der Waals surface area (Å²) >= 11 is 0. The van der Waals surface area contributed by atoms with Crippen LogP contribution in [0.3, 0.4) is 0 Å². The molecule has 1 saturated heterocycles. The summed E-state index contributed by atoms with van der Waals surface area (Å²) in [6.07, 6.45) is 1.35. The molecule has 3 N–H and O–H groups in total. The maximum atomic E-state index is 13.2. The van der Waals surface area contributed by atoms with Crippen LogP contribution in [0.2, 0.25) is 0 Å². The lowest BCUT2D eigenvalue weighted by Crippen LogP contribution is -2.46. The van der Waals surface area contributed by atoms with E-state index in [0.717, 1.165) is 18.2 Å². The number of nitrogens with two attached hydrogens (primary N) is 1. The first kappa shape index (κ1) is 19.3. The van der Waals surface area contributed by atoms with Gasteiger partial charge in [-0.25, -0.2) is 8.78 Å². The fourth-order valence-electron chi connectivity index (χ4n) is 2.58. The molecule has 2 rings (SSSR count). The van der Waals surface area contributed by atoms with E-state index >= 15 is 0 Å². The Morgan fingerprint density at radius 2 is 1.91 bits per heavy atom. The molecular weight excluding hydrogens is 328 g/mol. The number of piperidine rings is 1. The van der Waals surface area contributed by atoms with Crippen LogP contribution in [-0.4, -0.2) is 42.9 Å². The predicted molar refractivity (Wildman–Crippen MR) is 84.3 cm³/mol. The van der Waals surface area contributed by atoms with Crippen molar-refractivity contribution in [2.45, 2.75) is 12.8 Å². The quantitative estimate of drug-likeness (QED) is 0.862. The number of rotatable bonds is 4. The van der Waals surface area contributed by atoms with Crippen LogP contribution in [-0.2, 0) is 4.79 Å². The number of nitrogens with one attached hydrogen (secondary N) is 1. The van der Waals surface area contributed by atoms with Crippen LogP contribution >= 0.6 is 12.4 Å². The van der Waals surface area contributed by atoms with Crippen molar-refractivity contribution in [3.05, 3.63) is 35.4 Å². The summed E-state index contributed by atoms with van der Waals surface area (Å²) in [6, 6.07) is 2.73. The number of hydrogen-bond acceptors (Lipinski definition) is 3. The standard InChI is InChI=1S/C15H19F2N3O2.ClH/c16-12-6-11(7-13(17)8-12)15(22)20-5-1-2-10(9-20)14(21)19-4-3-18;/h6-8,10H,1-5,9,18H2,(H,19,21);1H. The molecule has 0 radical (unpaired) electrons. The van der Waals surface area contributed by atoms with Crippen molar-refractivity contribution < 1.29 is 18.4 Å². The van der Waals surface area contributed by atoms with Crippen LogP contribution in [0.4, 0.5) is 8.78 Å². The molecule has 1 aromatic rings. The molecular formula is C15H20ClF2N3O2. The van der Waals surface area contributed by atoms with Crippen molar-refractivity contribution in [3.63, 3.8) is 0 Å². The van der Waals surface area contributed by atoms with Gasteiger partial charge in [0.15, 0.2) is 0 Å². The molecule has 5 nitrogen and oxygen atoms in total. The van der Waals surface area contributed by atoms with Gasteiger partial charge in [0, 0.05) is 37.8 Å². The van der Waals surface area contributed by atoms with E-state index in [-0.39, 0.29) is 36.3 Å². The Morgan fingerprint density at radius 1 is 1.26 bits per heavy atom. The zero-order chi connectivity index (χ0) is 16.1. The summed E-state index contributed by atoms with van der Waals surface area (Å²) in [7, 11) is 0. The van der Waals surface area contributed by atoms with Gasteiger partial charge in [0.05, 0.1) is 5.92 Å². The molecule has 1 heterocycles. The van der Waals surface area contributed by atoms with Crippen LogP contribution in [0.1, 0.15) is 23.2 Å². The van der Waals surface area contributed by atoms with Gasteiger partial charge in [0.1, 0.15) is 11.6 Å². The third kappa shape index (κ3) is 5.14. The predicted octanol–water partition coefficient (Wildman–Crippen LogP) is 1.31. The summed E-state index contributed by atoms with van der Waals surface area (Å²) in [4.78, 5) is 25.7. The summed E-state index contributed by atoms with van der Waals surface area (Å²) in [5.74, 6) is -2.51. The second-order valence-corrected chi connectivity index (χ2v) is 5.33. The van der Waals surface area contributed by atoms with Gasteiger partial charge in [-0.3, -0.25) is 9.59 Å². The molecule has 8 heteroatoms. The van der Waals surface area contributed by atoms with Crippen molar-refractivity contribution in [2.75, 3.05) is 26.2 Å². The van der Waals surface area contributed by atoms with Crippen molar-refractivity contribution in [3.8, 4) is 0 Å². The molecule has 0 spiro atoms. The second-order valence-electron chi connectivity index (χ2n) is 5.33. The number of carbonyl (C=O) groups excluding carboxylic acids is 2. The lowest BCUT2D eigenvalue weighted by Gasteiger charge is -2.32. The first-order chi connectivity index (χ1) is 10.5. The van der Waals surface area contributed by atoms with Gasteiger partial charge in [0.25, 0.3) is 5.91 Å². The van der Waals surface area contributed by atoms with Crippen molar-refractivity contribution in [2.24, 2.45) is 11.7 Å². The minimum Gasteiger partial charge on any atom is -0.355 e. The number of carbonyl (C=O) groups is 2. The van der Waals surface area contributed by atoms with Gasteiger partial charge in [-0.2, -0.15) is 0 Å². The van der Waals surface area contributed by atoms with E-state index in [0.29, 0.717) is 32.5 Å². The van der Waals surface area contributed by atoms with Crippen LogP contribution in [0.15, 0.2) is 18.2 Å². The molecule has 1 unspecified atom stereocenters. The third-order valence-electron chi connectivity index (χ3n) is 3.63. The monoisotopic (exact) mass is 347 g/mol. The number of amides is 2. The Hall–Kier alpha value is -1.73. The van der Waals surface area contributed by atoms with E-state index in [4.69, 9.17) is 5.73 Å². The molecule has 0 aliphatic carbocycles. The van der Waals surface area contributed by atoms with E-state index in [2.05, 4.69) is 5.32 Å². The van der Waals surface area contributed by atoms with E-state index in [9.17, 15) is 18.4 Å². The van der Waals surface area contributed by atoms with E-state index in [1.165, 1.54) is 4.90 Å². The highest BCUT2D eigenvalue weighted by Gasteiger charge is 2.29. The van der Waals surface area contributed by atoms with Gasteiger partial charge in [-0.1, -0.05) is 0 Å². The van der Waals surface area contributed by atoms with Gasteiger partial charge in [-0.05, 0) is 25.0 Å². The molecule has 1 atom stereocenters. The van der Waals surface area contributed by atoms with Gasteiger partial charge >= 0.3 is 0 Å². The minimum absolute atomic E-state index is 0. The van der Waals surface area contributed by atoms with Gasteiger partial charge < -0.3 is 16.0 Å². The fourth-order valence-corrected chi connectivity index (χ4v) is 2.58. The lowest BCUT2D eigenvalue weighted by atomic mass is 9.96. The van der Waals surface area contributed by atoms with Crippen molar-refractivity contribution in [1.29, 1.82) is 0 Å². The van der Waals surface area contributed by atoms with E-state index < -0.39 is 17.5 Å². The average molecular weight is 348 g/mol. The Labute approximate surface area is 139 Å².